The molecule has 0 aromatic heterocycles. The van der Waals surface area contributed by atoms with Crippen molar-refractivity contribution in [2.45, 2.75) is 51.1 Å². The van der Waals surface area contributed by atoms with Crippen LogP contribution in [-0.2, 0) is 12.8 Å². The lowest BCUT2D eigenvalue weighted by atomic mass is 9.76. The molecule has 0 bridgehead atoms. The highest BCUT2D eigenvalue weighted by atomic mass is 16.5. The Morgan fingerprint density at radius 1 is 1.43 bits per heavy atom. The van der Waals surface area contributed by atoms with E-state index in [1.54, 1.807) is 7.11 Å². The monoisotopic (exact) mass is 287 g/mol. The summed E-state index contributed by atoms with van der Waals surface area (Å²) in [4.78, 5) is 6.94. The predicted octanol–water partition coefficient (Wildman–Crippen LogP) is 2.35. The molecule has 3 rings (SSSR count). The summed E-state index contributed by atoms with van der Waals surface area (Å²) in [6.07, 6.45) is 4.31. The van der Waals surface area contributed by atoms with Crippen LogP contribution in [0.3, 0.4) is 0 Å². The Labute approximate surface area is 127 Å². The first-order valence-corrected chi connectivity index (χ1v) is 7.84. The molecule has 1 aliphatic heterocycles. The molecule has 1 heterocycles. The van der Waals surface area contributed by atoms with E-state index >= 15 is 0 Å². The largest absolute Gasteiger partial charge is 0.497 e. The van der Waals surface area contributed by atoms with Crippen molar-refractivity contribution in [3.8, 4) is 5.75 Å². The number of aryl methyl sites for hydroxylation is 1. The maximum absolute atomic E-state index is 6.19. The molecule has 0 radical (unpaired) electrons. The maximum atomic E-state index is 6.19. The number of aliphatic imine (C=N–C) groups is 1. The first-order valence-electron chi connectivity index (χ1n) is 7.84. The van der Waals surface area contributed by atoms with E-state index < -0.39 is 0 Å². The van der Waals surface area contributed by atoms with Crippen LogP contribution in [0.1, 0.15) is 37.8 Å². The van der Waals surface area contributed by atoms with Crippen LogP contribution in [0.5, 0.6) is 5.75 Å². The standard InChI is InChI=1S/C17H25N3O/c1-4-12(2)20-16(18)19-11-17(20)8-7-13-5-6-15(21-3)9-14(13)10-17/h5-6,9,12H,4,7-8,10-11H2,1-3H3,(H2,18,19). The van der Waals surface area contributed by atoms with Crippen LogP contribution in [0, 0.1) is 0 Å². The van der Waals surface area contributed by atoms with Crippen LogP contribution < -0.4 is 10.5 Å². The SMILES string of the molecule is CCC(C)N1C(N)=NCC12CCc1ccc(OC)cc1C2. The number of fused-ring (bicyclic) bond motifs is 1. The van der Waals surface area contributed by atoms with Gasteiger partial charge in [0.25, 0.3) is 0 Å². The fraction of sp³-hybridized carbons (Fsp3) is 0.588. The molecule has 4 heteroatoms. The number of rotatable bonds is 3. The lowest BCUT2D eigenvalue weighted by Gasteiger charge is -2.45. The van der Waals surface area contributed by atoms with E-state index in [0.29, 0.717) is 6.04 Å². The van der Waals surface area contributed by atoms with Gasteiger partial charge in [0.15, 0.2) is 5.96 Å². The topological polar surface area (TPSA) is 50.8 Å². The molecular formula is C17H25N3O. The second-order valence-corrected chi connectivity index (χ2v) is 6.34. The number of methoxy groups -OCH3 is 1. The highest BCUT2D eigenvalue weighted by Crippen LogP contribution is 2.39. The Kier molecular flexibility index (Phi) is 3.56. The minimum absolute atomic E-state index is 0.0683. The fourth-order valence-electron chi connectivity index (χ4n) is 3.79. The van der Waals surface area contributed by atoms with Crippen molar-refractivity contribution in [2.75, 3.05) is 13.7 Å². The van der Waals surface area contributed by atoms with Gasteiger partial charge in [0.05, 0.1) is 19.2 Å². The van der Waals surface area contributed by atoms with Crippen molar-refractivity contribution in [2.24, 2.45) is 10.7 Å². The van der Waals surface area contributed by atoms with Gasteiger partial charge >= 0.3 is 0 Å². The Morgan fingerprint density at radius 3 is 2.95 bits per heavy atom. The van der Waals surface area contributed by atoms with Gasteiger partial charge in [0.2, 0.25) is 0 Å². The summed E-state index contributed by atoms with van der Waals surface area (Å²) in [7, 11) is 1.72. The van der Waals surface area contributed by atoms with Crippen LogP contribution in [0.2, 0.25) is 0 Å². The van der Waals surface area contributed by atoms with E-state index in [9.17, 15) is 0 Å². The van der Waals surface area contributed by atoms with Gasteiger partial charge in [-0.15, -0.1) is 0 Å². The number of hydrogen-bond acceptors (Lipinski definition) is 4. The molecule has 1 aromatic carbocycles. The van der Waals surface area contributed by atoms with Crippen LogP contribution in [-0.4, -0.2) is 36.1 Å². The third-order valence-electron chi connectivity index (χ3n) is 5.12. The van der Waals surface area contributed by atoms with Crippen molar-refractivity contribution < 1.29 is 4.74 Å². The summed E-state index contributed by atoms with van der Waals surface area (Å²) in [5.41, 5.74) is 9.09. The summed E-state index contributed by atoms with van der Waals surface area (Å²) < 4.78 is 5.38. The first kappa shape index (κ1) is 14.2. The molecule has 1 spiro atoms. The number of hydrogen-bond donors (Lipinski definition) is 1. The summed E-state index contributed by atoms with van der Waals surface area (Å²) in [5, 5.41) is 0. The van der Waals surface area contributed by atoms with Crippen molar-refractivity contribution in [1.29, 1.82) is 0 Å². The van der Waals surface area contributed by atoms with Crippen molar-refractivity contribution in [1.82, 2.24) is 4.90 Å². The van der Waals surface area contributed by atoms with Crippen LogP contribution in [0.25, 0.3) is 0 Å². The molecule has 1 aliphatic carbocycles. The van der Waals surface area contributed by atoms with Crippen LogP contribution >= 0.6 is 0 Å². The molecule has 4 nitrogen and oxygen atoms in total. The molecule has 0 fully saturated rings. The number of guanidine groups is 1. The van der Waals surface area contributed by atoms with Gasteiger partial charge in [-0.25, -0.2) is 0 Å². The third-order valence-corrected chi connectivity index (χ3v) is 5.12. The zero-order valence-electron chi connectivity index (χ0n) is 13.2. The number of nitrogens with zero attached hydrogens (tertiary/aromatic N) is 2. The molecule has 0 saturated heterocycles. The van der Waals surface area contributed by atoms with Crippen molar-refractivity contribution in [3.63, 3.8) is 0 Å². The molecule has 1 aromatic rings. The quantitative estimate of drug-likeness (QED) is 0.928. The van der Waals surface area contributed by atoms with Gasteiger partial charge in [0, 0.05) is 6.04 Å². The van der Waals surface area contributed by atoms with Gasteiger partial charge < -0.3 is 15.4 Å². The molecule has 21 heavy (non-hydrogen) atoms. The normalized spacial score (nSPS) is 25.7. The zero-order valence-corrected chi connectivity index (χ0v) is 13.2. The lowest BCUT2D eigenvalue weighted by molar-refractivity contribution is 0.134. The van der Waals surface area contributed by atoms with E-state index in [1.807, 2.05) is 0 Å². The van der Waals surface area contributed by atoms with E-state index in [-0.39, 0.29) is 5.54 Å². The number of ether oxygens (including phenoxy) is 1. The molecule has 2 N–H and O–H groups in total. The Bertz CT molecular complexity index is 569. The summed E-state index contributed by atoms with van der Waals surface area (Å²) in [5.74, 6) is 1.66. The van der Waals surface area contributed by atoms with Gasteiger partial charge in [-0.3, -0.25) is 4.99 Å². The Hall–Kier alpha value is -1.71. The predicted molar refractivity (Wildman–Crippen MR) is 85.8 cm³/mol. The Morgan fingerprint density at radius 2 is 2.24 bits per heavy atom. The molecule has 114 valence electrons. The third kappa shape index (κ3) is 2.27. The van der Waals surface area contributed by atoms with Crippen molar-refractivity contribution >= 4 is 5.96 Å². The average molecular weight is 287 g/mol. The minimum atomic E-state index is 0.0683. The summed E-state index contributed by atoms with van der Waals surface area (Å²) in [6, 6.07) is 6.87. The maximum Gasteiger partial charge on any atom is 0.192 e. The van der Waals surface area contributed by atoms with Gasteiger partial charge in [0.1, 0.15) is 5.75 Å². The molecule has 2 unspecified atom stereocenters. The van der Waals surface area contributed by atoms with Crippen LogP contribution in [0.4, 0.5) is 0 Å². The van der Waals surface area contributed by atoms with Crippen molar-refractivity contribution in [3.05, 3.63) is 29.3 Å². The van der Waals surface area contributed by atoms with E-state index in [1.165, 1.54) is 11.1 Å². The Balaban J connectivity index is 1.93. The van der Waals surface area contributed by atoms with Gasteiger partial charge in [-0.2, -0.15) is 0 Å². The molecule has 0 saturated carbocycles. The minimum Gasteiger partial charge on any atom is -0.497 e. The molecule has 2 aliphatic rings. The highest BCUT2D eigenvalue weighted by molar-refractivity contribution is 5.81. The second-order valence-electron chi connectivity index (χ2n) is 6.34. The molecule has 0 amide bonds. The first-order chi connectivity index (χ1) is 10.1. The van der Waals surface area contributed by atoms with E-state index in [0.717, 1.165) is 43.9 Å². The summed E-state index contributed by atoms with van der Waals surface area (Å²) in [6.45, 7) is 5.28. The molecular weight excluding hydrogens is 262 g/mol. The number of nitrogens with two attached hydrogens (primary N) is 1. The van der Waals surface area contributed by atoms with Gasteiger partial charge in [-0.1, -0.05) is 13.0 Å². The lowest BCUT2D eigenvalue weighted by Crippen LogP contribution is -2.57. The summed E-state index contributed by atoms with van der Waals surface area (Å²) >= 11 is 0. The zero-order chi connectivity index (χ0) is 15.0. The van der Waals surface area contributed by atoms with E-state index in [4.69, 9.17) is 10.5 Å². The van der Waals surface area contributed by atoms with Gasteiger partial charge in [-0.05, 0) is 55.9 Å². The highest BCUT2D eigenvalue weighted by Gasteiger charge is 2.45. The average Bonchev–Trinajstić information content (AvgIpc) is 2.82. The van der Waals surface area contributed by atoms with E-state index in [2.05, 4.69) is 41.9 Å². The molecule has 2 atom stereocenters. The second kappa shape index (κ2) is 5.24. The number of benzene rings is 1. The van der Waals surface area contributed by atoms with Crippen LogP contribution in [0.15, 0.2) is 23.2 Å². The smallest absolute Gasteiger partial charge is 0.192 e. The fourth-order valence-corrected chi connectivity index (χ4v) is 3.79.